The molecule has 110 valence electrons. The lowest BCUT2D eigenvalue weighted by Gasteiger charge is -2.42. The second-order valence-corrected chi connectivity index (χ2v) is 7.16. The van der Waals surface area contributed by atoms with Crippen molar-refractivity contribution in [2.24, 2.45) is 16.7 Å². The molecule has 2 heteroatoms. The topological polar surface area (TPSA) is 21.3 Å². The Morgan fingerprint density at radius 1 is 1.25 bits per heavy atom. The molecule has 2 aliphatic rings. The SMILES string of the molecule is CO[C@@H]1CC2CCC1(CNCc1ccccc1)C2(C)C. The van der Waals surface area contributed by atoms with Crippen LogP contribution in [0.1, 0.15) is 38.7 Å². The molecule has 1 aromatic carbocycles. The number of fused-ring (bicyclic) bond motifs is 2. The van der Waals surface area contributed by atoms with Gasteiger partial charge in [-0.2, -0.15) is 0 Å². The van der Waals surface area contributed by atoms with Crippen molar-refractivity contribution in [2.75, 3.05) is 13.7 Å². The number of rotatable bonds is 5. The molecule has 2 aliphatic carbocycles. The highest BCUT2D eigenvalue weighted by atomic mass is 16.5. The molecule has 0 saturated heterocycles. The first-order valence-corrected chi connectivity index (χ1v) is 7.87. The van der Waals surface area contributed by atoms with Gasteiger partial charge in [0.1, 0.15) is 0 Å². The van der Waals surface area contributed by atoms with Gasteiger partial charge in [-0.05, 0) is 36.2 Å². The fraction of sp³-hybridized carbons (Fsp3) is 0.667. The highest BCUT2D eigenvalue weighted by Gasteiger charge is 2.63. The molecule has 2 unspecified atom stereocenters. The van der Waals surface area contributed by atoms with Gasteiger partial charge in [0, 0.05) is 25.6 Å². The molecule has 2 bridgehead atoms. The van der Waals surface area contributed by atoms with Gasteiger partial charge in [-0.15, -0.1) is 0 Å². The van der Waals surface area contributed by atoms with Gasteiger partial charge in [0.25, 0.3) is 0 Å². The first-order chi connectivity index (χ1) is 9.60. The Balaban J connectivity index is 1.68. The standard InChI is InChI=1S/C18H27NO/c1-17(2)15-9-10-18(17,16(11-15)20-3)13-19-12-14-7-5-4-6-8-14/h4-8,15-16,19H,9-13H2,1-3H3/t15?,16-,18?/m1/s1. The van der Waals surface area contributed by atoms with Crippen LogP contribution in [0.2, 0.25) is 0 Å². The van der Waals surface area contributed by atoms with Gasteiger partial charge in [-0.3, -0.25) is 0 Å². The zero-order valence-corrected chi connectivity index (χ0v) is 13.0. The minimum Gasteiger partial charge on any atom is -0.381 e. The Hall–Kier alpha value is -0.860. The third-order valence-electron chi connectivity index (χ3n) is 6.25. The molecule has 1 aromatic rings. The third-order valence-corrected chi connectivity index (χ3v) is 6.25. The Bertz CT molecular complexity index is 456. The Morgan fingerprint density at radius 3 is 2.65 bits per heavy atom. The number of nitrogens with one attached hydrogen (secondary N) is 1. The predicted molar refractivity (Wildman–Crippen MR) is 82.5 cm³/mol. The number of hydrogen-bond acceptors (Lipinski definition) is 2. The Labute approximate surface area is 122 Å². The van der Waals surface area contributed by atoms with Gasteiger partial charge in [0.2, 0.25) is 0 Å². The summed E-state index contributed by atoms with van der Waals surface area (Å²) in [7, 11) is 1.89. The molecule has 0 amide bonds. The van der Waals surface area contributed by atoms with Crippen LogP contribution in [0.4, 0.5) is 0 Å². The minimum absolute atomic E-state index is 0.321. The van der Waals surface area contributed by atoms with E-state index in [1.54, 1.807) is 0 Å². The van der Waals surface area contributed by atoms with Crippen LogP contribution >= 0.6 is 0 Å². The second-order valence-electron chi connectivity index (χ2n) is 7.16. The lowest BCUT2D eigenvalue weighted by Crippen LogP contribution is -2.47. The van der Waals surface area contributed by atoms with E-state index in [9.17, 15) is 0 Å². The van der Waals surface area contributed by atoms with Crippen molar-refractivity contribution in [3.8, 4) is 0 Å². The highest BCUT2D eigenvalue weighted by Crippen LogP contribution is 2.66. The molecule has 2 fully saturated rings. The first-order valence-electron chi connectivity index (χ1n) is 7.87. The smallest absolute Gasteiger partial charge is 0.0647 e. The lowest BCUT2D eigenvalue weighted by atomic mass is 9.68. The summed E-state index contributed by atoms with van der Waals surface area (Å²) in [5.41, 5.74) is 2.08. The van der Waals surface area contributed by atoms with Gasteiger partial charge in [0.15, 0.2) is 0 Å². The van der Waals surface area contributed by atoms with Crippen LogP contribution in [-0.4, -0.2) is 19.8 Å². The van der Waals surface area contributed by atoms with Crippen LogP contribution in [0.15, 0.2) is 30.3 Å². The molecule has 0 heterocycles. The molecule has 3 rings (SSSR count). The summed E-state index contributed by atoms with van der Waals surface area (Å²) in [6.45, 7) is 6.94. The van der Waals surface area contributed by atoms with Crippen LogP contribution < -0.4 is 5.32 Å². The zero-order valence-electron chi connectivity index (χ0n) is 13.0. The molecule has 1 N–H and O–H groups in total. The van der Waals surface area contributed by atoms with Crippen LogP contribution in [0, 0.1) is 16.7 Å². The van der Waals surface area contributed by atoms with Crippen molar-refractivity contribution >= 4 is 0 Å². The normalized spacial score (nSPS) is 34.5. The van der Waals surface area contributed by atoms with E-state index >= 15 is 0 Å². The van der Waals surface area contributed by atoms with Crippen LogP contribution in [0.25, 0.3) is 0 Å². The summed E-state index contributed by atoms with van der Waals surface area (Å²) in [6, 6.07) is 10.7. The summed E-state index contributed by atoms with van der Waals surface area (Å²) in [5.74, 6) is 0.839. The summed E-state index contributed by atoms with van der Waals surface area (Å²) in [4.78, 5) is 0. The molecule has 2 saturated carbocycles. The van der Waals surface area contributed by atoms with E-state index in [0.717, 1.165) is 19.0 Å². The fourth-order valence-corrected chi connectivity index (χ4v) is 4.77. The molecular formula is C18H27NO. The maximum Gasteiger partial charge on any atom is 0.0647 e. The molecular weight excluding hydrogens is 246 g/mol. The van der Waals surface area contributed by atoms with Crippen LogP contribution in [0.3, 0.4) is 0 Å². The van der Waals surface area contributed by atoms with Crippen molar-refractivity contribution in [1.29, 1.82) is 0 Å². The minimum atomic E-state index is 0.321. The maximum atomic E-state index is 5.85. The van der Waals surface area contributed by atoms with E-state index < -0.39 is 0 Å². The summed E-state index contributed by atoms with van der Waals surface area (Å²) in [6.07, 6.45) is 4.36. The highest BCUT2D eigenvalue weighted by molar-refractivity contribution is 5.16. The van der Waals surface area contributed by atoms with Gasteiger partial charge < -0.3 is 10.1 Å². The van der Waals surface area contributed by atoms with E-state index in [2.05, 4.69) is 49.5 Å². The summed E-state index contributed by atoms with van der Waals surface area (Å²) >= 11 is 0. The van der Waals surface area contributed by atoms with Crippen molar-refractivity contribution in [3.05, 3.63) is 35.9 Å². The lowest BCUT2D eigenvalue weighted by molar-refractivity contribution is -0.0319. The predicted octanol–water partition coefficient (Wildman–Crippen LogP) is 3.62. The Kier molecular flexibility index (Phi) is 3.64. The maximum absolute atomic E-state index is 5.85. The molecule has 2 nitrogen and oxygen atoms in total. The van der Waals surface area contributed by atoms with E-state index in [0.29, 0.717) is 16.9 Å². The third kappa shape index (κ3) is 2.01. The largest absolute Gasteiger partial charge is 0.381 e. The molecule has 0 aliphatic heterocycles. The van der Waals surface area contributed by atoms with E-state index in [1.165, 1.54) is 24.8 Å². The van der Waals surface area contributed by atoms with Crippen molar-refractivity contribution in [2.45, 2.75) is 45.8 Å². The first kappa shape index (κ1) is 14.1. The average Bonchev–Trinajstić information content (AvgIpc) is 2.83. The molecule has 0 radical (unpaired) electrons. The monoisotopic (exact) mass is 273 g/mol. The van der Waals surface area contributed by atoms with Crippen molar-refractivity contribution in [1.82, 2.24) is 5.32 Å². The van der Waals surface area contributed by atoms with Crippen LogP contribution in [-0.2, 0) is 11.3 Å². The summed E-state index contributed by atoms with van der Waals surface area (Å²) < 4.78 is 5.85. The van der Waals surface area contributed by atoms with Gasteiger partial charge in [-0.1, -0.05) is 44.2 Å². The Morgan fingerprint density at radius 2 is 2.00 bits per heavy atom. The number of ether oxygens (including phenoxy) is 1. The molecule has 0 spiro atoms. The molecule has 3 atom stereocenters. The van der Waals surface area contributed by atoms with E-state index in [1.807, 2.05) is 7.11 Å². The second kappa shape index (κ2) is 5.16. The number of methoxy groups -OCH3 is 1. The number of benzene rings is 1. The van der Waals surface area contributed by atoms with Gasteiger partial charge in [-0.25, -0.2) is 0 Å². The van der Waals surface area contributed by atoms with Crippen molar-refractivity contribution < 1.29 is 4.74 Å². The zero-order chi connectivity index (χ0) is 14.2. The fourth-order valence-electron chi connectivity index (χ4n) is 4.77. The van der Waals surface area contributed by atoms with Gasteiger partial charge >= 0.3 is 0 Å². The van der Waals surface area contributed by atoms with E-state index in [4.69, 9.17) is 4.74 Å². The molecule has 0 aromatic heterocycles. The quantitative estimate of drug-likeness (QED) is 0.884. The number of hydrogen-bond donors (Lipinski definition) is 1. The average molecular weight is 273 g/mol. The van der Waals surface area contributed by atoms with Gasteiger partial charge in [0.05, 0.1) is 6.10 Å². The van der Waals surface area contributed by atoms with Crippen molar-refractivity contribution in [3.63, 3.8) is 0 Å². The van der Waals surface area contributed by atoms with Crippen LogP contribution in [0.5, 0.6) is 0 Å². The van der Waals surface area contributed by atoms with E-state index in [-0.39, 0.29) is 0 Å². The molecule has 20 heavy (non-hydrogen) atoms. The summed E-state index contributed by atoms with van der Waals surface area (Å²) in [5, 5.41) is 3.70.